The average Bonchev–Trinajstić information content (AvgIpc) is 2.26. The van der Waals surface area contributed by atoms with Crippen molar-refractivity contribution in [1.29, 1.82) is 0 Å². The third-order valence-corrected chi connectivity index (χ3v) is 3.38. The van der Waals surface area contributed by atoms with Crippen molar-refractivity contribution >= 4 is 15.9 Å². The number of aliphatic hydroxyl groups excluding tert-OH is 1. The lowest BCUT2D eigenvalue weighted by molar-refractivity contribution is 0.211. The van der Waals surface area contributed by atoms with Gasteiger partial charge in [0.05, 0.1) is 0 Å². The van der Waals surface area contributed by atoms with Crippen LogP contribution in [0.25, 0.3) is 0 Å². The number of aliphatic hydroxyl groups is 1. The summed E-state index contributed by atoms with van der Waals surface area (Å²) in [5, 5.41) is 9.35. The fourth-order valence-corrected chi connectivity index (χ4v) is 2.05. The highest BCUT2D eigenvalue weighted by molar-refractivity contribution is 9.10. The number of halogens is 1. The molecule has 1 aromatic rings. The van der Waals surface area contributed by atoms with Crippen molar-refractivity contribution in [2.45, 2.75) is 33.1 Å². The molecular formula is C14H21BrO. The summed E-state index contributed by atoms with van der Waals surface area (Å²) in [6, 6.07) is 8.38. The van der Waals surface area contributed by atoms with Crippen LogP contribution in [0.15, 0.2) is 28.7 Å². The van der Waals surface area contributed by atoms with Gasteiger partial charge in [0.25, 0.3) is 0 Å². The quantitative estimate of drug-likeness (QED) is 0.836. The molecule has 1 aromatic carbocycles. The number of rotatable bonds is 6. The molecule has 0 heterocycles. The summed E-state index contributed by atoms with van der Waals surface area (Å²) in [4.78, 5) is 0. The first-order valence-corrected chi connectivity index (χ1v) is 6.76. The lowest BCUT2D eigenvalue weighted by Gasteiger charge is -2.15. The lowest BCUT2D eigenvalue weighted by Crippen LogP contribution is -2.10. The Balaban J connectivity index is 2.46. The number of hydrogen-bond acceptors (Lipinski definition) is 1. The van der Waals surface area contributed by atoms with Gasteiger partial charge < -0.3 is 5.11 Å². The first-order valence-electron chi connectivity index (χ1n) is 5.97. The average molecular weight is 285 g/mol. The van der Waals surface area contributed by atoms with E-state index in [1.54, 1.807) is 0 Å². The minimum Gasteiger partial charge on any atom is -0.396 e. The van der Waals surface area contributed by atoms with E-state index in [9.17, 15) is 5.11 Å². The maximum atomic E-state index is 9.35. The van der Waals surface area contributed by atoms with Gasteiger partial charge in [0, 0.05) is 11.1 Å². The van der Waals surface area contributed by atoms with Crippen LogP contribution in [-0.4, -0.2) is 11.7 Å². The normalized spacial score (nSPS) is 13.1. The molecule has 0 spiro atoms. The zero-order valence-corrected chi connectivity index (χ0v) is 11.7. The molecule has 0 aliphatic rings. The molecule has 1 unspecified atom stereocenters. The van der Waals surface area contributed by atoms with E-state index in [0.29, 0.717) is 12.5 Å². The van der Waals surface area contributed by atoms with Gasteiger partial charge in [0.1, 0.15) is 0 Å². The molecule has 0 fully saturated rings. The molecule has 16 heavy (non-hydrogen) atoms. The van der Waals surface area contributed by atoms with Gasteiger partial charge in [-0.2, -0.15) is 0 Å². The van der Waals surface area contributed by atoms with Crippen molar-refractivity contribution in [2.24, 2.45) is 11.8 Å². The fourth-order valence-electron chi connectivity index (χ4n) is 1.78. The molecule has 0 aliphatic carbocycles. The van der Waals surface area contributed by atoms with Gasteiger partial charge in [0.2, 0.25) is 0 Å². The summed E-state index contributed by atoms with van der Waals surface area (Å²) < 4.78 is 1.11. The smallest absolute Gasteiger partial charge is 0.0462 e. The first kappa shape index (κ1) is 13.7. The minimum absolute atomic E-state index is 0.294. The van der Waals surface area contributed by atoms with Crippen molar-refractivity contribution in [3.8, 4) is 0 Å². The van der Waals surface area contributed by atoms with Crippen LogP contribution >= 0.6 is 15.9 Å². The fraction of sp³-hybridized carbons (Fsp3) is 0.571. The topological polar surface area (TPSA) is 20.2 Å². The molecule has 0 amide bonds. The monoisotopic (exact) mass is 284 g/mol. The molecule has 1 nitrogen and oxygen atoms in total. The second-order valence-electron chi connectivity index (χ2n) is 4.85. The Kier molecular flexibility index (Phi) is 6.07. The van der Waals surface area contributed by atoms with Crippen LogP contribution in [0.2, 0.25) is 0 Å². The van der Waals surface area contributed by atoms with Gasteiger partial charge in [-0.3, -0.25) is 0 Å². The summed E-state index contributed by atoms with van der Waals surface area (Å²) in [5.74, 6) is 1.13. The molecule has 90 valence electrons. The highest BCUT2D eigenvalue weighted by Gasteiger charge is 2.09. The van der Waals surface area contributed by atoms with E-state index in [2.05, 4.69) is 54.0 Å². The molecule has 2 heteroatoms. The molecule has 0 aliphatic heterocycles. The molecule has 1 atom stereocenters. The molecular weight excluding hydrogens is 264 g/mol. The van der Waals surface area contributed by atoms with E-state index < -0.39 is 0 Å². The Bertz CT molecular complexity index is 292. The van der Waals surface area contributed by atoms with Gasteiger partial charge in [-0.15, -0.1) is 0 Å². The number of hydrogen-bond donors (Lipinski definition) is 1. The van der Waals surface area contributed by atoms with Crippen molar-refractivity contribution < 1.29 is 5.11 Å². The van der Waals surface area contributed by atoms with Crippen LogP contribution in [0, 0.1) is 11.8 Å². The van der Waals surface area contributed by atoms with Crippen LogP contribution in [0.1, 0.15) is 32.3 Å². The minimum atomic E-state index is 0.294. The molecule has 1 rings (SSSR count). The van der Waals surface area contributed by atoms with Crippen molar-refractivity contribution in [3.63, 3.8) is 0 Å². The van der Waals surface area contributed by atoms with Crippen LogP contribution in [0.4, 0.5) is 0 Å². The second kappa shape index (κ2) is 7.08. The molecule has 0 radical (unpaired) electrons. The van der Waals surface area contributed by atoms with E-state index in [4.69, 9.17) is 0 Å². The highest BCUT2D eigenvalue weighted by Crippen LogP contribution is 2.18. The maximum absolute atomic E-state index is 9.35. The molecule has 0 bridgehead atoms. The standard InChI is InChI=1S/C14H21BrO/c1-11(2)3-4-13(10-16)9-12-5-7-14(15)8-6-12/h5-8,11,13,16H,3-4,9-10H2,1-2H3. The Labute approximate surface area is 107 Å². The first-order chi connectivity index (χ1) is 7.61. The Morgan fingerprint density at radius 1 is 1.12 bits per heavy atom. The van der Waals surface area contributed by atoms with Gasteiger partial charge in [-0.1, -0.05) is 48.3 Å². The third kappa shape index (κ3) is 5.13. The van der Waals surface area contributed by atoms with E-state index in [-0.39, 0.29) is 0 Å². The third-order valence-electron chi connectivity index (χ3n) is 2.85. The lowest BCUT2D eigenvalue weighted by atomic mass is 9.92. The molecule has 0 saturated heterocycles. The zero-order chi connectivity index (χ0) is 12.0. The summed E-state index contributed by atoms with van der Waals surface area (Å²) in [5.41, 5.74) is 1.31. The summed E-state index contributed by atoms with van der Waals surface area (Å²) in [7, 11) is 0. The highest BCUT2D eigenvalue weighted by atomic mass is 79.9. The van der Waals surface area contributed by atoms with Gasteiger partial charge in [0.15, 0.2) is 0 Å². The summed E-state index contributed by atoms with van der Waals surface area (Å²) in [6.45, 7) is 4.75. The van der Waals surface area contributed by atoms with Crippen molar-refractivity contribution in [1.82, 2.24) is 0 Å². The number of benzene rings is 1. The Morgan fingerprint density at radius 3 is 2.25 bits per heavy atom. The maximum Gasteiger partial charge on any atom is 0.0462 e. The Hall–Kier alpha value is -0.340. The van der Waals surface area contributed by atoms with E-state index in [0.717, 1.165) is 23.2 Å². The zero-order valence-electron chi connectivity index (χ0n) is 10.1. The largest absolute Gasteiger partial charge is 0.396 e. The molecule has 0 aromatic heterocycles. The van der Waals surface area contributed by atoms with Crippen LogP contribution in [0.3, 0.4) is 0 Å². The summed E-state index contributed by atoms with van der Waals surface area (Å²) >= 11 is 3.43. The van der Waals surface area contributed by atoms with Crippen molar-refractivity contribution in [2.75, 3.05) is 6.61 Å². The van der Waals surface area contributed by atoms with Gasteiger partial charge >= 0.3 is 0 Å². The van der Waals surface area contributed by atoms with E-state index in [1.165, 1.54) is 12.0 Å². The van der Waals surface area contributed by atoms with E-state index in [1.807, 2.05) is 0 Å². The molecule has 1 N–H and O–H groups in total. The predicted molar refractivity (Wildman–Crippen MR) is 72.5 cm³/mol. The van der Waals surface area contributed by atoms with Gasteiger partial charge in [-0.25, -0.2) is 0 Å². The molecule has 0 saturated carbocycles. The van der Waals surface area contributed by atoms with E-state index >= 15 is 0 Å². The SMILES string of the molecule is CC(C)CCC(CO)Cc1ccc(Br)cc1. The van der Waals surface area contributed by atoms with Crippen LogP contribution in [0.5, 0.6) is 0 Å². The van der Waals surface area contributed by atoms with Gasteiger partial charge in [-0.05, 0) is 42.4 Å². The summed E-state index contributed by atoms with van der Waals surface area (Å²) in [6.07, 6.45) is 3.29. The second-order valence-corrected chi connectivity index (χ2v) is 5.77. The van der Waals surface area contributed by atoms with Crippen LogP contribution < -0.4 is 0 Å². The van der Waals surface area contributed by atoms with Crippen molar-refractivity contribution in [3.05, 3.63) is 34.3 Å². The Morgan fingerprint density at radius 2 is 1.75 bits per heavy atom. The van der Waals surface area contributed by atoms with Crippen LogP contribution in [-0.2, 0) is 6.42 Å². The predicted octanol–water partition coefficient (Wildman–Crippen LogP) is 4.04.